The quantitative estimate of drug-likeness (QED) is 0.786. The summed E-state index contributed by atoms with van der Waals surface area (Å²) in [5.41, 5.74) is 0.206. The fourth-order valence-corrected chi connectivity index (χ4v) is 3.27. The van der Waals surface area contributed by atoms with Crippen molar-refractivity contribution in [2.24, 2.45) is 0 Å². The molecule has 3 heterocycles. The van der Waals surface area contributed by atoms with E-state index in [0.29, 0.717) is 27.3 Å². The van der Waals surface area contributed by atoms with E-state index >= 15 is 0 Å². The number of nitrogens with one attached hydrogen (secondary N) is 1. The topological polar surface area (TPSA) is 94.8 Å². The molecule has 4 rings (SSSR count). The zero-order valence-corrected chi connectivity index (χ0v) is 15.5. The third kappa shape index (κ3) is 3.68. The van der Waals surface area contributed by atoms with Crippen LogP contribution < -0.4 is 20.5 Å². The van der Waals surface area contributed by atoms with Crippen LogP contribution in [0.1, 0.15) is 25.1 Å². The van der Waals surface area contributed by atoms with Crippen LogP contribution in [0.5, 0.6) is 11.5 Å². The zero-order chi connectivity index (χ0) is 20.8. The van der Waals surface area contributed by atoms with Gasteiger partial charge in [0.25, 0.3) is 5.92 Å². The van der Waals surface area contributed by atoms with Crippen molar-refractivity contribution in [1.29, 1.82) is 0 Å². The summed E-state index contributed by atoms with van der Waals surface area (Å²) < 4.78 is 45.0. The number of hydrogen-bond acceptors (Lipinski definition) is 7. The van der Waals surface area contributed by atoms with Gasteiger partial charge in [-0.2, -0.15) is 4.98 Å². The third-order valence-electron chi connectivity index (χ3n) is 4.63. The highest BCUT2D eigenvalue weighted by Gasteiger charge is 2.51. The maximum atomic E-state index is 14.1. The molecule has 0 amide bonds. The molecule has 10 heteroatoms. The lowest BCUT2D eigenvalue weighted by Gasteiger charge is -2.20. The van der Waals surface area contributed by atoms with Crippen LogP contribution in [0.15, 0.2) is 41.8 Å². The summed E-state index contributed by atoms with van der Waals surface area (Å²) in [4.78, 5) is 16.1. The SMILES string of the molecule is C=C(Nc1ccn(C2OC(CO)CC2(F)F)c(=O)n1)c1ccc2c(c1)OC(C)O2. The van der Waals surface area contributed by atoms with Gasteiger partial charge in [0.1, 0.15) is 5.82 Å². The van der Waals surface area contributed by atoms with Crippen LogP contribution in [0.2, 0.25) is 0 Å². The van der Waals surface area contributed by atoms with E-state index in [1.54, 1.807) is 25.1 Å². The van der Waals surface area contributed by atoms with E-state index in [1.807, 2.05) is 0 Å². The number of rotatable bonds is 5. The summed E-state index contributed by atoms with van der Waals surface area (Å²) in [6, 6.07) is 6.60. The number of ether oxygens (including phenoxy) is 3. The normalized spacial score (nSPS) is 24.5. The van der Waals surface area contributed by atoms with Gasteiger partial charge in [0.2, 0.25) is 12.5 Å². The first-order valence-corrected chi connectivity index (χ1v) is 8.94. The summed E-state index contributed by atoms with van der Waals surface area (Å²) in [7, 11) is 0. The molecule has 3 atom stereocenters. The second-order valence-corrected chi connectivity index (χ2v) is 6.83. The Bertz CT molecular complexity index is 1010. The Kier molecular flexibility index (Phi) is 4.75. The summed E-state index contributed by atoms with van der Waals surface area (Å²) in [6.07, 6.45) is -2.72. The van der Waals surface area contributed by atoms with Gasteiger partial charge < -0.3 is 24.6 Å². The van der Waals surface area contributed by atoms with Crippen molar-refractivity contribution in [1.82, 2.24) is 9.55 Å². The lowest BCUT2D eigenvalue weighted by Crippen LogP contribution is -2.35. The highest BCUT2D eigenvalue weighted by molar-refractivity contribution is 5.75. The van der Waals surface area contributed by atoms with E-state index in [9.17, 15) is 13.6 Å². The van der Waals surface area contributed by atoms with Gasteiger partial charge in [-0.25, -0.2) is 13.6 Å². The Morgan fingerprint density at radius 1 is 1.38 bits per heavy atom. The van der Waals surface area contributed by atoms with Gasteiger partial charge in [-0.15, -0.1) is 0 Å². The zero-order valence-electron chi connectivity index (χ0n) is 15.5. The molecule has 2 aliphatic rings. The van der Waals surface area contributed by atoms with Crippen LogP contribution in [0.25, 0.3) is 5.70 Å². The molecule has 0 radical (unpaired) electrons. The van der Waals surface area contributed by atoms with Gasteiger partial charge >= 0.3 is 5.69 Å². The maximum Gasteiger partial charge on any atom is 0.351 e. The van der Waals surface area contributed by atoms with Crippen LogP contribution in [0, 0.1) is 0 Å². The predicted octanol–water partition coefficient (Wildman–Crippen LogP) is 2.36. The van der Waals surface area contributed by atoms with Crippen molar-refractivity contribution in [3.63, 3.8) is 0 Å². The first-order chi connectivity index (χ1) is 13.8. The van der Waals surface area contributed by atoms with Gasteiger partial charge in [-0.05, 0) is 24.3 Å². The Morgan fingerprint density at radius 3 is 2.83 bits per heavy atom. The number of halogens is 2. The number of anilines is 1. The highest BCUT2D eigenvalue weighted by Crippen LogP contribution is 2.41. The Balaban J connectivity index is 1.51. The fourth-order valence-electron chi connectivity index (χ4n) is 3.27. The van der Waals surface area contributed by atoms with E-state index in [4.69, 9.17) is 19.3 Å². The van der Waals surface area contributed by atoms with Crippen molar-refractivity contribution >= 4 is 11.5 Å². The molecule has 8 nitrogen and oxygen atoms in total. The summed E-state index contributed by atoms with van der Waals surface area (Å²) >= 11 is 0. The monoisotopic (exact) mass is 407 g/mol. The smallest absolute Gasteiger partial charge is 0.351 e. The molecule has 1 saturated heterocycles. The molecule has 0 aliphatic carbocycles. The van der Waals surface area contributed by atoms with Crippen LogP contribution >= 0.6 is 0 Å². The molecule has 29 heavy (non-hydrogen) atoms. The summed E-state index contributed by atoms with van der Waals surface area (Å²) in [6.45, 7) is 5.13. The number of fused-ring (bicyclic) bond motifs is 1. The minimum Gasteiger partial charge on any atom is -0.451 e. The largest absolute Gasteiger partial charge is 0.451 e. The van der Waals surface area contributed by atoms with E-state index in [2.05, 4.69) is 16.9 Å². The first kappa shape index (κ1) is 19.3. The van der Waals surface area contributed by atoms with Gasteiger partial charge in [0.15, 0.2) is 11.5 Å². The van der Waals surface area contributed by atoms with Crippen LogP contribution in [-0.4, -0.2) is 39.6 Å². The molecule has 2 aliphatic heterocycles. The van der Waals surface area contributed by atoms with Crippen LogP contribution in [0.3, 0.4) is 0 Å². The molecule has 2 N–H and O–H groups in total. The highest BCUT2D eigenvalue weighted by atomic mass is 19.3. The lowest BCUT2D eigenvalue weighted by atomic mass is 10.1. The molecule has 2 aromatic rings. The molecular weight excluding hydrogens is 388 g/mol. The minimum atomic E-state index is -3.29. The van der Waals surface area contributed by atoms with E-state index < -0.39 is 37.0 Å². The number of aromatic nitrogens is 2. The molecule has 154 valence electrons. The van der Waals surface area contributed by atoms with Crippen molar-refractivity contribution in [3.05, 3.63) is 53.1 Å². The van der Waals surface area contributed by atoms with Gasteiger partial charge in [0.05, 0.1) is 12.7 Å². The number of benzene rings is 1. The van der Waals surface area contributed by atoms with E-state index in [-0.39, 0.29) is 12.1 Å². The first-order valence-electron chi connectivity index (χ1n) is 8.94. The summed E-state index contributed by atoms with van der Waals surface area (Å²) in [5.74, 6) is -1.96. The Morgan fingerprint density at radius 2 is 2.14 bits per heavy atom. The molecule has 1 aromatic carbocycles. The number of aliphatic hydroxyl groups excluding tert-OH is 1. The minimum absolute atomic E-state index is 0.141. The number of aliphatic hydroxyl groups is 1. The van der Waals surface area contributed by atoms with Crippen molar-refractivity contribution < 1.29 is 28.1 Å². The number of nitrogens with zero attached hydrogens (tertiary/aromatic N) is 2. The predicted molar refractivity (Wildman–Crippen MR) is 98.9 cm³/mol. The molecular formula is C19H19F2N3O5. The average molecular weight is 407 g/mol. The van der Waals surface area contributed by atoms with E-state index in [1.165, 1.54) is 12.3 Å². The standard InChI is InChI=1S/C19H19F2N3O5/c1-10(12-3-4-14-15(7-12)28-11(2)27-14)22-16-5-6-24(18(26)23-16)17-19(20,21)8-13(9-25)29-17/h3-7,11,13,17,25H,1,8-9H2,2H3,(H,22,23,26). The van der Waals surface area contributed by atoms with Gasteiger partial charge in [-0.1, -0.05) is 6.58 Å². The Hall–Kier alpha value is -2.98. The Labute approximate surface area is 164 Å². The summed E-state index contributed by atoms with van der Waals surface area (Å²) in [5, 5.41) is 11.9. The average Bonchev–Trinajstić information content (AvgIpc) is 3.19. The number of hydrogen-bond donors (Lipinski definition) is 2. The van der Waals surface area contributed by atoms with Crippen LogP contribution in [-0.2, 0) is 4.74 Å². The van der Waals surface area contributed by atoms with Crippen molar-refractivity contribution in [2.75, 3.05) is 11.9 Å². The number of alkyl halides is 2. The van der Waals surface area contributed by atoms with Gasteiger partial charge in [-0.3, -0.25) is 4.57 Å². The van der Waals surface area contributed by atoms with Crippen molar-refractivity contribution in [2.45, 2.75) is 37.9 Å². The molecule has 0 saturated carbocycles. The van der Waals surface area contributed by atoms with E-state index in [0.717, 1.165) is 0 Å². The maximum absolute atomic E-state index is 14.1. The molecule has 1 aromatic heterocycles. The van der Waals surface area contributed by atoms with Crippen molar-refractivity contribution in [3.8, 4) is 11.5 Å². The molecule has 1 fully saturated rings. The molecule has 0 spiro atoms. The fraction of sp³-hybridized carbons (Fsp3) is 0.368. The van der Waals surface area contributed by atoms with Crippen LogP contribution in [0.4, 0.5) is 14.6 Å². The lowest BCUT2D eigenvalue weighted by molar-refractivity contribution is -0.120. The second kappa shape index (κ2) is 7.12. The molecule has 0 bridgehead atoms. The molecule has 3 unspecified atom stereocenters. The third-order valence-corrected chi connectivity index (χ3v) is 4.63. The van der Waals surface area contributed by atoms with Gasteiger partial charge in [0, 0.05) is 30.8 Å². The second-order valence-electron chi connectivity index (χ2n) is 6.83.